The number of nitrogens with zero attached hydrogens (tertiary/aromatic N) is 2. The van der Waals surface area contributed by atoms with Crippen LogP contribution < -0.4 is 0 Å². The molecule has 6 heteroatoms. The maximum absolute atomic E-state index is 12.5. The summed E-state index contributed by atoms with van der Waals surface area (Å²) < 4.78 is 10.0. The number of likely N-dealkylation sites (tertiary alicyclic amines) is 1. The molecule has 0 unspecified atom stereocenters. The van der Waals surface area contributed by atoms with Crippen molar-refractivity contribution in [3.05, 3.63) is 42.1 Å². The Morgan fingerprint density at radius 3 is 2.57 bits per heavy atom. The summed E-state index contributed by atoms with van der Waals surface area (Å²) in [5.41, 5.74) is 1.17. The van der Waals surface area contributed by atoms with Crippen molar-refractivity contribution in [1.29, 1.82) is 0 Å². The third kappa shape index (κ3) is 3.26. The predicted octanol–water partition coefficient (Wildman–Crippen LogP) is 2.37. The standard InChI is InChI=1S/C17H18N2O4/c1-22-17(21)13-7-9-19(10-8-13)16(20)14-11-15(23-18-14)12-5-3-2-4-6-12/h2-6,11,13H,7-10H2,1H3. The molecule has 1 aromatic heterocycles. The number of hydrogen-bond acceptors (Lipinski definition) is 5. The molecule has 1 aliphatic rings. The Balaban J connectivity index is 1.66. The number of piperidine rings is 1. The Kier molecular flexibility index (Phi) is 4.41. The third-order valence-corrected chi connectivity index (χ3v) is 4.10. The molecule has 0 aliphatic carbocycles. The Hall–Kier alpha value is -2.63. The van der Waals surface area contributed by atoms with Gasteiger partial charge in [0.1, 0.15) is 0 Å². The van der Waals surface area contributed by atoms with E-state index in [1.54, 1.807) is 11.0 Å². The van der Waals surface area contributed by atoms with E-state index in [4.69, 9.17) is 9.26 Å². The molecule has 1 aromatic carbocycles. The lowest BCUT2D eigenvalue weighted by molar-refractivity contribution is -0.146. The summed E-state index contributed by atoms with van der Waals surface area (Å²) in [5, 5.41) is 3.88. The number of rotatable bonds is 3. The smallest absolute Gasteiger partial charge is 0.308 e. The van der Waals surface area contributed by atoms with Crippen molar-refractivity contribution in [1.82, 2.24) is 10.1 Å². The van der Waals surface area contributed by atoms with E-state index in [2.05, 4.69) is 5.16 Å². The highest BCUT2D eigenvalue weighted by Gasteiger charge is 2.29. The van der Waals surface area contributed by atoms with E-state index in [0.29, 0.717) is 37.4 Å². The van der Waals surface area contributed by atoms with Crippen LogP contribution in [0, 0.1) is 5.92 Å². The van der Waals surface area contributed by atoms with Crippen molar-refractivity contribution >= 4 is 11.9 Å². The molecule has 1 fully saturated rings. The SMILES string of the molecule is COC(=O)C1CCN(C(=O)c2cc(-c3ccccc3)on2)CC1. The Morgan fingerprint density at radius 1 is 1.22 bits per heavy atom. The molecule has 0 spiro atoms. The van der Waals surface area contributed by atoms with Gasteiger partial charge in [0.2, 0.25) is 0 Å². The molecular weight excluding hydrogens is 296 g/mol. The molecule has 23 heavy (non-hydrogen) atoms. The van der Waals surface area contributed by atoms with Gasteiger partial charge in [-0.15, -0.1) is 0 Å². The van der Waals surface area contributed by atoms with Crippen LogP contribution >= 0.6 is 0 Å². The number of amides is 1. The Labute approximate surface area is 134 Å². The Bertz CT molecular complexity index is 688. The lowest BCUT2D eigenvalue weighted by atomic mass is 9.97. The van der Waals surface area contributed by atoms with E-state index >= 15 is 0 Å². The second kappa shape index (κ2) is 6.64. The van der Waals surface area contributed by atoms with Crippen molar-refractivity contribution in [2.45, 2.75) is 12.8 Å². The predicted molar refractivity (Wildman–Crippen MR) is 82.6 cm³/mol. The van der Waals surface area contributed by atoms with Crippen LogP contribution in [-0.2, 0) is 9.53 Å². The van der Waals surface area contributed by atoms with Crippen molar-refractivity contribution in [2.24, 2.45) is 5.92 Å². The molecule has 2 aromatic rings. The van der Waals surface area contributed by atoms with Gasteiger partial charge < -0.3 is 14.2 Å². The van der Waals surface area contributed by atoms with Crippen LogP contribution in [0.1, 0.15) is 23.3 Å². The van der Waals surface area contributed by atoms with Gasteiger partial charge in [-0.25, -0.2) is 0 Å². The molecule has 120 valence electrons. The molecule has 1 amide bonds. The summed E-state index contributed by atoms with van der Waals surface area (Å²) >= 11 is 0. The van der Waals surface area contributed by atoms with Crippen molar-refractivity contribution in [3.8, 4) is 11.3 Å². The van der Waals surface area contributed by atoms with Gasteiger partial charge in [-0.3, -0.25) is 9.59 Å². The second-order valence-corrected chi connectivity index (χ2v) is 5.53. The van der Waals surface area contributed by atoms with Gasteiger partial charge >= 0.3 is 5.97 Å². The van der Waals surface area contributed by atoms with Crippen LogP contribution in [0.3, 0.4) is 0 Å². The minimum absolute atomic E-state index is 0.124. The molecule has 0 radical (unpaired) electrons. The largest absolute Gasteiger partial charge is 0.469 e. The highest BCUT2D eigenvalue weighted by molar-refractivity contribution is 5.93. The number of carbonyl (C=O) groups excluding carboxylic acids is 2. The fraction of sp³-hybridized carbons (Fsp3) is 0.353. The number of hydrogen-bond donors (Lipinski definition) is 0. The molecule has 1 saturated heterocycles. The van der Waals surface area contributed by atoms with E-state index < -0.39 is 0 Å². The van der Waals surface area contributed by atoms with E-state index in [-0.39, 0.29) is 17.8 Å². The number of esters is 1. The van der Waals surface area contributed by atoms with Gasteiger partial charge in [0.15, 0.2) is 11.5 Å². The zero-order valence-electron chi connectivity index (χ0n) is 12.9. The minimum Gasteiger partial charge on any atom is -0.469 e. The summed E-state index contributed by atoms with van der Waals surface area (Å²) in [6.45, 7) is 1.04. The molecule has 2 heterocycles. The molecule has 0 N–H and O–H groups in total. The van der Waals surface area contributed by atoms with E-state index in [0.717, 1.165) is 5.56 Å². The third-order valence-electron chi connectivity index (χ3n) is 4.10. The lowest BCUT2D eigenvalue weighted by Crippen LogP contribution is -2.40. The van der Waals surface area contributed by atoms with Crippen LogP contribution in [0.2, 0.25) is 0 Å². The van der Waals surface area contributed by atoms with Crippen molar-refractivity contribution < 1.29 is 18.8 Å². The molecule has 6 nitrogen and oxygen atoms in total. The van der Waals surface area contributed by atoms with E-state index in [1.807, 2.05) is 30.3 Å². The molecule has 3 rings (SSSR count). The highest BCUT2D eigenvalue weighted by atomic mass is 16.5. The molecule has 0 saturated carbocycles. The van der Waals surface area contributed by atoms with Gasteiger partial charge in [-0.2, -0.15) is 0 Å². The number of ether oxygens (including phenoxy) is 1. The average Bonchev–Trinajstić information content (AvgIpc) is 3.11. The van der Waals surface area contributed by atoms with Gasteiger partial charge in [0, 0.05) is 24.7 Å². The fourth-order valence-corrected chi connectivity index (χ4v) is 2.76. The lowest BCUT2D eigenvalue weighted by Gasteiger charge is -2.29. The quantitative estimate of drug-likeness (QED) is 0.813. The van der Waals surface area contributed by atoms with Crippen LogP contribution in [0.25, 0.3) is 11.3 Å². The number of benzene rings is 1. The topological polar surface area (TPSA) is 72.6 Å². The minimum atomic E-state index is -0.204. The summed E-state index contributed by atoms with van der Waals surface area (Å²) in [6, 6.07) is 11.2. The van der Waals surface area contributed by atoms with Crippen LogP contribution in [0.15, 0.2) is 40.9 Å². The monoisotopic (exact) mass is 314 g/mol. The number of carbonyl (C=O) groups is 2. The van der Waals surface area contributed by atoms with Gasteiger partial charge in [0.25, 0.3) is 5.91 Å². The van der Waals surface area contributed by atoms with Crippen molar-refractivity contribution in [2.75, 3.05) is 20.2 Å². The van der Waals surface area contributed by atoms with Gasteiger partial charge in [0.05, 0.1) is 13.0 Å². The summed E-state index contributed by atoms with van der Waals surface area (Å²) in [7, 11) is 1.39. The number of aromatic nitrogens is 1. The maximum Gasteiger partial charge on any atom is 0.308 e. The molecule has 0 atom stereocenters. The van der Waals surface area contributed by atoms with Crippen LogP contribution in [0.5, 0.6) is 0 Å². The van der Waals surface area contributed by atoms with Gasteiger partial charge in [-0.05, 0) is 12.8 Å². The van der Waals surface area contributed by atoms with E-state index in [9.17, 15) is 9.59 Å². The van der Waals surface area contributed by atoms with Gasteiger partial charge in [-0.1, -0.05) is 35.5 Å². The molecular formula is C17H18N2O4. The van der Waals surface area contributed by atoms with Crippen LogP contribution in [0.4, 0.5) is 0 Å². The summed E-state index contributed by atoms with van der Waals surface area (Å²) in [4.78, 5) is 25.7. The summed E-state index contributed by atoms with van der Waals surface area (Å²) in [5.74, 6) is 0.0729. The Morgan fingerprint density at radius 2 is 1.91 bits per heavy atom. The van der Waals surface area contributed by atoms with E-state index in [1.165, 1.54) is 7.11 Å². The number of methoxy groups -OCH3 is 1. The average molecular weight is 314 g/mol. The first kappa shape index (κ1) is 15.3. The zero-order valence-corrected chi connectivity index (χ0v) is 12.9. The fourth-order valence-electron chi connectivity index (χ4n) is 2.76. The van der Waals surface area contributed by atoms with Crippen molar-refractivity contribution in [3.63, 3.8) is 0 Å². The van der Waals surface area contributed by atoms with Crippen LogP contribution in [-0.4, -0.2) is 42.1 Å². The summed E-state index contributed by atoms with van der Waals surface area (Å²) in [6.07, 6.45) is 1.23. The molecule has 1 aliphatic heterocycles. The highest BCUT2D eigenvalue weighted by Crippen LogP contribution is 2.23. The second-order valence-electron chi connectivity index (χ2n) is 5.53. The first-order chi connectivity index (χ1) is 11.2. The normalized spacial score (nSPS) is 15.4. The first-order valence-corrected chi connectivity index (χ1v) is 7.58. The first-order valence-electron chi connectivity index (χ1n) is 7.58. The maximum atomic E-state index is 12.5. The molecule has 0 bridgehead atoms. The zero-order chi connectivity index (χ0) is 16.2.